The minimum absolute atomic E-state index is 0.0437. The zero-order chi connectivity index (χ0) is 19.1. The maximum Gasteiger partial charge on any atom is 0.248 e. The first-order valence-electron chi connectivity index (χ1n) is 9.25. The van der Waals surface area contributed by atoms with Gasteiger partial charge in [0, 0.05) is 37.4 Å². The van der Waals surface area contributed by atoms with Gasteiger partial charge in [-0.3, -0.25) is 9.89 Å². The molecular weight excluding hydrogens is 346 g/mol. The molecule has 0 saturated carbocycles. The van der Waals surface area contributed by atoms with Crippen LogP contribution in [0.1, 0.15) is 24.5 Å². The van der Waals surface area contributed by atoms with Crippen molar-refractivity contribution >= 4 is 5.91 Å². The Labute approximate surface area is 159 Å². The largest absolute Gasteiger partial charge is 0.497 e. The summed E-state index contributed by atoms with van der Waals surface area (Å²) in [5.41, 5.74) is 3.32. The van der Waals surface area contributed by atoms with Crippen molar-refractivity contribution < 1.29 is 19.0 Å². The van der Waals surface area contributed by atoms with Crippen LogP contribution in [0, 0.1) is 0 Å². The fourth-order valence-electron chi connectivity index (χ4n) is 3.44. The summed E-state index contributed by atoms with van der Waals surface area (Å²) in [6.45, 7) is 2.52. The molecule has 0 aliphatic carbocycles. The van der Waals surface area contributed by atoms with E-state index in [0.717, 1.165) is 48.5 Å². The number of methoxy groups -OCH3 is 2. The molecule has 2 heterocycles. The van der Waals surface area contributed by atoms with Gasteiger partial charge in [-0.15, -0.1) is 0 Å². The Morgan fingerprint density at radius 1 is 1.26 bits per heavy atom. The average Bonchev–Trinajstić information content (AvgIpc) is 3.21. The first-order valence-corrected chi connectivity index (χ1v) is 9.25. The minimum atomic E-state index is 0.0437. The molecule has 1 aliphatic heterocycles. The van der Waals surface area contributed by atoms with Crippen molar-refractivity contribution in [3.05, 3.63) is 36.2 Å². The summed E-state index contributed by atoms with van der Waals surface area (Å²) in [7, 11) is 3.28. The third kappa shape index (κ3) is 4.87. The quantitative estimate of drug-likeness (QED) is 0.720. The Morgan fingerprint density at radius 3 is 2.81 bits per heavy atom. The van der Waals surface area contributed by atoms with Crippen molar-refractivity contribution in [3.63, 3.8) is 0 Å². The number of amides is 1. The zero-order valence-corrected chi connectivity index (χ0v) is 15.9. The average molecular weight is 373 g/mol. The molecule has 1 aromatic carbocycles. The predicted octanol–water partition coefficient (Wildman–Crippen LogP) is 2.45. The van der Waals surface area contributed by atoms with Crippen LogP contribution < -0.4 is 4.74 Å². The number of likely N-dealkylation sites (tertiary alicyclic amines) is 1. The lowest BCUT2D eigenvalue weighted by Gasteiger charge is -2.32. The predicted molar refractivity (Wildman–Crippen MR) is 102 cm³/mol. The highest BCUT2D eigenvalue weighted by Gasteiger charge is 2.26. The fourth-order valence-corrected chi connectivity index (χ4v) is 3.44. The summed E-state index contributed by atoms with van der Waals surface area (Å²) in [4.78, 5) is 14.1. The Balaban J connectivity index is 1.59. The van der Waals surface area contributed by atoms with E-state index in [4.69, 9.17) is 14.2 Å². The number of aromatic nitrogens is 2. The molecular formula is C20H27N3O4. The fraction of sp³-hybridized carbons (Fsp3) is 0.500. The van der Waals surface area contributed by atoms with Crippen molar-refractivity contribution in [1.29, 1.82) is 0 Å². The van der Waals surface area contributed by atoms with Crippen LogP contribution in [-0.2, 0) is 14.3 Å². The molecule has 7 heteroatoms. The van der Waals surface area contributed by atoms with Gasteiger partial charge in [0.25, 0.3) is 0 Å². The van der Waals surface area contributed by atoms with Gasteiger partial charge in [0.15, 0.2) is 0 Å². The van der Waals surface area contributed by atoms with E-state index in [2.05, 4.69) is 16.3 Å². The number of carbonyl (C=O) groups excluding carboxylic acids is 1. The summed E-state index contributed by atoms with van der Waals surface area (Å²) in [6, 6.07) is 8.00. The van der Waals surface area contributed by atoms with E-state index in [1.807, 2.05) is 29.3 Å². The van der Waals surface area contributed by atoms with E-state index in [-0.39, 0.29) is 12.5 Å². The number of hydrogen-bond donors (Lipinski definition) is 1. The molecule has 1 saturated heterocycles. The molecule has 146 valence electrons. The third-order valence-corrected chi connectivity index (χ3v) is 4.96. The number of aromatic amines is 1. The Hall–Kier alpha value is -2.38. The molecule has 1 fully saturated rings. The van der Waals surface area contributed by atoms with Gasteiger partial charge in [-0.05, 0) is 30.5 Å². The molecule has 27 heavy (non-hydrogen) atoms. The lowest BCUT2D eigenvalue weighted by atomic mass is 9.89. The molecule has 0 unspecified atom stereocenters. The minimum Gasteiger partial charge on any atom is -0.497 e. The maximum absolute atomic E-state index is 12.2. The number of rotatable bonds is 8. The summed E-state index contributed by atoms with van der Waals surface area (Å²) in [5, 5.41) is 7.43. The highest BCUT2D eigenvalue weighted by Crippen LogP contribution is 2.34. The highest BCUT2D eigenvalue weighted by molar-refractivity contribution is 5.77. The van der Waals surface area contributed by atoms with Crippen LogP contribution in [0.15, 0.2) is 30.5 Å². The normalized spacial score (nSPS) is 15.1. The van der Waals surface area contributed by atoms with Gasteiger partial charge in [-0.1, -0.05) is 12.1 Å². The highest BCUT2D eigenvalue weighted by atomic mass is 16.5. The van der Waals surface area contributed by atoms with Gasteiger partial charge in [-0.25, -0.2) is 0 Å². The van der Waals surface area contributed by atoms with E-state index >= 15 is 0 Å². The van der Waals surface area contributed by atoms with Gasteiger partial charge in [-0.2, -0.15) is 5.10 Å². The van der Waals surface area contributed by atoms with Crippen LogP contribution in [-0.4, -0.2) is 68.1 Å². The lowest BCUT2D eigenvalue weighted by Crippen LogP contribution is -2.40. The SMILES string of the molecule is COCCOCC(=O)N1CCC(c2[nH]ncc2-c2cccc(OC)c2)CC1. The summed E-state index contributed by atoms with van der Waals surface area (Å²) in [5.74, 6) is 1.22. The number of carbonyl (C=O) groups is 1. The molecule has 1 N–H and O–H groups in total. The number of nitrogens with zero attached hydrogens (tertiary/aromatic N) is 2. The smallest absolute Gasteiger partial charge is 0.248 e. The van der Waals surface area contributed by atoms with Gasteiger partial charge in [0.1, 0.15) is 12.4 Å². The molecule has 0 atom stereocenters. The lowest BCUT2D eigenvalue weighted by molar-refractivity contribution is -0.137. The van der Waals surface area contributed by atoms with E-state index in [0.29, 0.717) is 19.1 Å². The monoisotopic (exact) mass is 373 g/mol. The van der Waals surface area contributed by atoms with Crippen molar-refractivity contribution in [2.45, 2.75) is 18.8 Å². The summed E-state index contributed by atoms with van der Waals surface area (Å²) < 4.78 is 15.6. The number of nitrogens with one attached hydrogen (secondary N) is 1. The topological polar surface area (TPSA) is 76.7 Å². The number of hydrogen-bond acceptors (Lipinski definition) is 5. The van der Waals surface area contributed by atoms with Crippen LogP contribution >= 0.6 is 0 Å². The molecule has 0 spiro atoms. The molecule has 1 aliphatic rings. The van der Waals surface area contributed by atoms with E-state index < -0.39 is 0 Å². The van der Waals surface area contributed by atoms with Crippen molar-refractivity contribution in [2.75, 3.05) is 47.1 Å². The Kier molecular flexibility index (Phi) is 6.84. The number of H-pyrrole nitrogens is 1. The van der Waals surface area contributed by atoms with E-state index in [1.165, 1.54) is 0 Å². The molecule has 0 bridgehead atoms. The van der Waals surface area contributed by atoms with Crippen LogP contribution in [0.25, 0.3) is 11.1 Å². The van der Waals surface area contributed by atoms with Crippen molar-refractivity contribution in [2.24, 2.45) is 0 Å². The van der Waals surface area contributed by atoms with Gasteiger partial charge < -0.3 is 19.1 Å². The van der Waals surface area contributed by atoms with Crippen molar-refractivity contribution in [3.8, 4) is 16.9 Å². The van der Waals surface area contributed by atoms with Gasteiger partial charge in [0.05, 0.1) is 26.5 Å². The number of ether oxygens (including phenoxy) is 3. The second kappa shape index (κ2) is 9.53. The molecule has 1 amide bonds. The Bertz CT molecular complexity index is 738. The maximum atomic E-state index is 12.2. The summed E-state index contributed by atoms with van der Waals surface area (Å²) >= 11 is 0. The third-order valence-electron chi connectivity index (χ3n) is 4.96. The van der Waals surface area contributed by atoms with Crippen LogP contribution in [0.5, 0.6) is 5.75 Å². The van der Waals surface area contributed by atoms with E-state index in [1.54, 1.807) is 14.2 Å². The molecule has 0 radical (unpaired) electrons. The van der Waals surface area contributed by atoms with Crippen LogP contribution in [0.3, 0.4) is 0 Å². The number of benzene rings is 1. The number of piperidine rings is 1. The van der Waals surface area contributed by atoms with Gasteiger partial charge in [0.2, 0.25) is 5.91 Å². The molecule has 7 nitrogen and oxygen atoms in total. The molecule has 3 rings (SSSR count). The standard InChI is InChI=1S/C20H27N3O4/c1-25-10-11-27-14-19(24)23-8-6-15(7-9-23)20-18(13-21-22-20)16-4-3-5-17(12-16)26-2/h3-5,12-13,15H,6-11,14H2,1-2H3,(H,21,22). The molecule has 1 aromatic heterocycles. The molecule has 2 aromatic rings. The van der Waals surface area contributed by atoms with Crippen molar-refractivity contribution in [1.82, 2.24) is 15.1 Å². The summed E-state index contributed by atoms with van der Waals surface area (Å²) in [6.07, 6.45) is 3.68. The zero-order valence-electron chi connectivity index (χ0n) is 15.9. The first kappa shape index (κ1) is 19.4. The second-order valence-corrected chi connectivity index (χ2v) is 6.63. The first-order chi connectivity index (χ1) is 13.2. The second-order valence-electron chi connectivity index (χ2n) is 6.63. The van der Waals surface area contributed by atoms with Crippen LogP contribution in [0.2, 0.25) is 0 Å². The van der Waals surface area contributed by atoms with Gasteiger partial charge >= 0.3 is 0 Å². The van der Waals surface area contributed by atoms with Crippen LogP contribution in [0.4, 0.5) is 0 Å². The Morgan fingerprint density at radius 2 is 2.07 bits per heavy atom. The van der Waals surface area contributed by atoms with E-state index in [9.17, 15) is 4.79 Å².